The Hall–Kier alpha value is -4.68. The molecule has 0 spiro atoms. The van der Waals surface area contributed by atoms with Crippen LogP contribution in [0.4, 0.5) is 23.0 Å². The van der Waals surface area contributed by atoms with Crippen LogP contribution in [0.5, 0.6) is 5.75 Å². The topological polar surface area (TPSA) is 121 Å². The van der Waals surface area contributed by atoms with Crippen molar-refractivity contribution in [1.82, 2.24) is 24.0 Å². The van der Waals surface area contributed by atoms with Crippen molar-refractivity contribution in [2.45, 2.75) is 65.6 Å². The number of aromatic hydroxyl groups is 1. The van der Waals surface area contributed by atoms with Crippen molar-refractivity contribution in [2.24, 2.45) is 12.5 Å². The van der Waals surface area contributed by atoms with Gasteiger partial charge in [-0.05, 0) is 67.0 Å². The Labute approximate surface area is 292 Å². The summed E-state index contributed by atoms with van der Waals surface area (Å²) < 4.78 is 9.06. The van der Waals surface area contributed by atoms with Gasteiger partial charge in [-0.1, -0.05) is 20.8 Å². The zero-order chi connectivity index (χ0) is 34.9. The maximum Gasteiger partial charge on any atom is 0.276 e. The lowest BCUT2D eigenvalue weighted by molar-refractivity contribution is -0.0698. The Kier molecular flexibility index (Phi) is 7.98. The molecule has 0 aromatic carbocycles. The first-order chi connectivity index (χ1) is 24.0. The van der Waals surface area contributed by atoms with Crippen LogP contribution in [0, 0.1) is 12.3 Å². The highest BCUT2D eigenvalue weighted by Gasteiger charge is 2.38. The van der Waals surface area contributed by atoms with Crippen LogP contribution in [0.25, 0.3) is 11.1 Å². The smallest absolute Gasteiger partial charge is 0.276 e. The summed E-state index contributed by atoms with van der Waals surface area (Å²) >= 11 is 0. The second kappa shape index (κ2) is 12.3. The zero-order valence-electron chi connectivity index (χ0n) is 29.6. The number of aromatic nitrogens is 4. The van der Waals surface area contributed by atoms with Crippen LogP contribution in [0.1, 0.15) is 54.5 Å². The molecular weight excluding hydrogens is 632 g/mol. The van der Waals surface area contributed by atoms with Gasteiger partial charge in [-0.3, -0.25) is 19.4 Å². The van der Waals surface area contributed by atoms with E-state index in [-0.39, 0.29) is 28.4 Å². The highest BCUT2D eigenvalue weighted by Crippen LogP contribution is 2.42. The fraction of sp³-hybridized carbons (Fsp3) is 0.474. The third kappa shape index (κ3) is 5.54. The largest absolute Gasteiger partial charge is 0.504 e. The third-order valence-electron chi connectivity index (χ3n) is 11.0. The SMILES string of the molecule is CC[C@H]1CN(C2COC2)CCN1c1ccc(Nc2cc(-c3c(C)cnc(N4CCn5c(cc6c5CC(C)(C)C6)C4=O)c3O)cn(C)c2=O)nc1. The number of anilines is 4. The minimum absolute atomic E-state index is 0.0884. The van der Waals surface area contributed by atoms with Crippen molar-refractivity contribution in [2.75, 3.05) is 54.5 Å². The molecule has 4 aromatic rings. The number of nitrogens with one attached hydrogen (secondary N) is 1. The van der Waals surface area contributed by atoms with Crippen molar-refractivity contribution in [1.29, 1.82) is 0 Å². The molecule has 2 fully saturated rings. The Morgan fingerprint density at radius 2 is 1.86 bits per heavy atom. The molecule has 3 aliphatic heterocycles. The Balaban J connectivity index is 1.04. The van der Waals surface area contributed by atoms with Gasteiger partial charge in [0.05, 0.1) is 31.1 Å². The summed E-state index contributed by atoms with van der Waals surface area (Å²) in [6.45, 7) is 14.2. The first kappa shape index (κ1) is 32.5. The molecule has 262 valence electrons. The fourth-order valence-corrected chi connectivity index (χ4v) is 8.30. The predicted molar refractivity (Wildman–Crippen MR) is 194 cm³/mol. The van der Waals surface area contributed by atoms with E-state index in [1.165, 1.54) is 15.8 Å². The number of ether oxygens (including phenoxy) is 1. The van der Waals surface area contributed by atoms with Crippen LogP contribution >= 0.6 is 0 Å². The van der Waals surface area contributed by atoms with E-state index in [2.05, 4.69) is 51.5 Å². The Bertz CT molecular complexity index is 2030. The molecule has 50 heavy (non-hydrogen) atoms. The number of hydrogen-bond acceptors (Lipinski definition) is 9. The molecule has 0 bridgehead atoms. The molecule has 0 radical (unpaired) electrons. The molecule has 2 N–H and O–H groups in total. The highest BCUT2D eigenvalue weighted by molar-refractivity contribution is 6.07. The second-order valence-corrected chi connectivity index (χ2v) is 15.1. The quantitative estimate of drug-likeness (QED) is 0.292. The third-order valence-corrected chi connectivity index (χ3v) is 11.0. The standard InChI is InChI=1S/C38H46N8O4/c1-6-26-20-43(28-21-50-22-28)9-10-44(26)27-7-8-32(39-18-27)41-29-13-25(19-42(5)36(29)48)33-23(2)17-40-35(34(33)47)46-12-11-45-30(37(46)49)14-24-15-38(3,4)16-31(24)45/h7-8,13-14,17-19,26,28,47H,6,9-12,15-16,20-22H2,1-5H3,(H,39,41)/t26-/m0/s1. The van der Waals surface area contributed by atoms with Gasteiger partial charge in [-0.2, -0.15) is 0 Å². The van der Waals surface area contributed by atoms with E-state index in [0.717, 1.165) is 63.4 Å². The van der Waals surface area contributed by atoms with E-state index < -0.39 is 0 Å². The van der Waals surface area contributed by atoms with Crippen LogP contribution < -0.4 is 20.7 Å². The monoisotopic (exact) mass is 678 g/mol. The van der Waals surface area contributed by atoms with Crippen molar-refractivity contribution in [3.05, 3.63) is 75.7 Å². The molecule has 0 unspecified atom stereocenters. The maximum absolute atomic E-state index is 13.8. The number of aryl methyl sites for hydroxylation is 2. The van der Waals surface area contributed by atoms with E-state index in [0.29, 0.717) is 53.5 Å². The van der Waals surface area contributed by atoms with Crippen LogP contribution in [0.3, 0.4) is 0 Å². The van der Waals surface area contributed by atoms with Gasteiger partial charge in [-0.25, -0.2) is 9.97 Å². The molecule has 1 amide bonds. The molecule has 1 aliphatic carbocycles. The number of amides is 1. The number of nitrogens with zero attached hydrogens (tertiary/aromatic N) is 7. The Morgan fingerprint density at radius 1 is 1.04 bits per heavy atom. The number of hydrogen-bond donors (Lipinski definition) is 2. The van der Waals surface area contributed by atoms with E-state index in [1.54, 1.807) is 30.4 Å². The highest BCUT2D eigenvalue weighted by atomic mass is 16.5. The molecule has 7 heterocycles. The lowest BCUT2D eigenvalue weighted by Crippen LogP contribution is -2.60. The summed E-state index contributed by atoms with van der Waals surface area (Å²) in [6, 6.07) is 8.64. The van der Waals surface area contributed by atoms with Crippen LogP contribution in [0.2, 0.25) is 0 Å². The summed E-state index contributed by atoms with van der Waals surface area (Å²) in [5, 5.41) is 15.0. The molecule has 8 rings (SSSR count). The molecule has 2 saturated heterocycles. The number of piperazine rings is 1. The summed E-state index contributed by atoms with van der Waals surface area (Å²) in [4.78, 5) is 42.9. The van der Waals surface area contributed by atoms with Gasteiger partial charge < -0.3 is 29.2 Å². The number of carbonyl (C=O) groups is 1. The van der Waals surface area contributed by atoms with E-state index in [9.17, 15) is 14.7 Å². The lowest BCUT2D eigenvalue weighted by Gasteiger charge is -2.47. The van der Waals surface area contributed by atoms with Gasteiger partial charge in [0, 0.05) is 75.0 Å². The maximum atomic E-state index is 13.8. The minimum Gasteiger partial charge on any atom is -0.504 e. The zero-order valence-corrected chi connectivity index (χ0v) is 29.6. The van der Waals surface area contributed by atoms with Gasteiger partial charge in [-0.15, -0.1) is 0 Å². The van der Waals surface area contributed by atoms with Crippen LogP contribution in [-0.2, 0) is 31.2 Å². The number of rotatable bonds is 7. The van der Waals surface area contributed by atoms with Crippen LogP contribution in [0.15, 0.2) is 47.7 Å². The number of pyridine rings is 3. The molecule has 4 aliphatic rings. The van der Waals surface area contributed by atoms with Crippen molar-refractivity contribution >= 4 is 28.9 Å². The first-order valence-corrected chi connectivity index (χ1v) is 17.8. The molecule has 12 nitrogen and oxygen atoms in total. The van der Waals surface area contributed by atoms with Gasteiger partial charge in [0.25, 0.3) is 11.5 Å². The summed E-state index contributed by atoms with van der Waals surface area (Å²) in [5.41, 5.74) is 6.36. The van der Waals surface area contributed by atoms with E-state index >= 15 is 0 Å². The van der Waals surface area contributed by atoms with Crippen molar-refractivity contribution in [3.63, 3.8) is 0 Å². The van der Waals surface area contributed by atoms with Crippen LogP contribution in [-0.4, -0.2) is 86.5 Å². The Morgan fingerprint density at radius 3 is 2.58 bits per heavy atom. The van der Waals surface area contributed by atoms with Crippen molar-refractivity contribution in [3.8, 4) is 16.9 Å². The van der Waals surface area contributed by atoms with E-state index in [1.807, 2.05) is 25.3 Å². The average molecular weight is 679 g/mol. The molecular formula is C38H46N8O4. The number of fused-ring (bicyclic) bond motifs is 3. The summed E-state index contributed by atoms with van der Waals surface area (Å²) in [7, 11) is 1.69. The van der Waals surface area contributed by atoms with Gasteiger partial charge in [0.15, 0.2) is 11.6 Å². The van der Waals surface area contributed by atoms with Gasteiger partial charge in [0.1, 0.15) is 17.2 Å². The number of carbonyl (C=O) groups excluding carboxylic acids is 1. The fourth-order valence-electron chi connectivity index (χ4n) is 8.30. The van der Waals surface area contributed by atoms with E-state index in [4.69, 9.17) is 9.72 Å². The van der Waals surface area contributed by atoms with Gasteiger partial charge >= 0.3 is 0 Å². The lowest BCUT2D eigenvalue weighted by atomic mass is 9.90. The predicted octanol–water partition coefficient (Wildman–Crippen LogP) is 4.49. The molecule has 1 atom stereocenters. The first-order valence-electron chi connectivity index (χ1n) is 17.8. The molecule has 12 heteroatoms. The molecule has 4 aromatic heterocycles. The van der Waals surface area contributed by atoms with Crippen molar-refractivity contribution < 1.29 is 14.6 Å². The summed E-state index contributed by atoms with van der Waals surface area (Å²) in [5.74, 6) is 0.513. The normalized spacial score (nSPS) is 20.5. The average Bonchev–Trinajstić information content (AvgIpc) is 3.55. The second-order valence-electron chi connectivity index (χ2n) is 15.1. The summed E-state index contributed by atoms with van der Waals surface area (Å²) in [6.07, 6.45) is 8.18. The molecule has 0 saturated carbocycles. The minimum atomic E-state index is -0.226. The van der Waals surface area contributed by atoms with Gasteiger partial charge in [0.2, 0.25) is 0 Å².